The van der Waals surface area contributed by atoms with E-state index in [0.717, 1.165) is 19.4 Å². The summed E-state index contributed by atoms with van der Waals surface area (Å²) in [7, 11) is 2.15. The molecule has 3 N–H and O–H groups in total. The Morgan fingerprint density at radius 3 is 2.12 bits per heavy atom. The molecule has 0 radical (unpaired) electrons. The van der Waals surface area contributed by atoms with Crippen LogP contribution in [0.1, 0.15) is 47.5 Å². The second-order valence-corrected chi connectivity index (χ2v) is 6.33. The van der Waals surface area contributed by atoms with E-state index in [4.69, 9.17) is 5.73 Å². The summed E-state index contributed by atoms with van der Waals surface area (Å²) >= 11 is 0. The molecule has 0 saturated heterocycles. The zero-order valence-electron chi connectivity index (χ0n) is 11.9. The van der Waals surface area contributed by atoms with Crippen LogP contribution in [0.4, 0.5) is 0 Å². The third-order valence-electron chi connectivity index (χ3n) is 3.58. The van der Waals surface area contributed by atoms with Crippen molar-refractivity contribution in [1.82, 2.24) is 4.90 Å². The molecule has 0 rings (SSSR count). The lowest BCUT2D eigenvalue weighted by atomic mass is 9.87. The van der Waals surface area contributed by atoms with E-state index in [1.54, 1.807) is 6.92 Å². The summed E-state index contributed by atoms with van der Waals surface area (Å²) in [6, 6.07) is 0.537. The van der Waals surface area contributed by atoms with E-state index in [1.807, 2.05) is 0 Å². The Morgan fingerprint density at radius 2 is 1.75 bits per heavy atom. The van der Waals surface area contributed by atoms with Crippen molar-refractivity contribution in [1.29, 1.82) is 0 Å². The van der Waals surface area contributed by atoms with E-state index in [1.165, 1.54) is 0 Å². The van der Waals surface area contributed by atoms with Gasteiger partial charge in [-0.2, -0.15) is 0 Å². The van der Waals surface area contributed by atoms with Crippen molar-refractivity contribution < 1.29 is 5.11 Å². The molecule has 98 valence electrons. The summed E-state index contributed by atoms with van der Waals surface area (Å²) in [5.41, 5.74) is 5.08. The van der Waals surface area contributed by atoms with Gasteiger partial charge in [-0.25, -0.2) is 0 Å². The van der Waals surface area contributed by atoms with E-state index in [-0.39, 0.29) is 0 Å². The molecular weight excluding hydrogens is 200 g/mol. The topological polar surface area (TPSA) is 49.5 Å². The molecule has 0 spiro atoms. The SMILES string of the molecule is CC(N(C)CCCC(C)(O)CN)C(C)(C)C. The minimum absolute atomic E-state index is 0.297. The van der Waals surface area contributed by atoms with Crippen LogP contribution in [0.5, 0.6) is 0 Å². The van der Waals surface area contributed by atoms with Gasteiger partial charge in [-0.15, -0.1) is 0 Å². The third-order valence-corrected chi connectivity index (χ3v) is 3.58. The van der Waals surface area contributed by atoms with E-state index >= 15 is 0 Å². The molecule has 0 heterocycles. The zero-order chi connectivity index (χ0) is 13.0. The average Bonchev–Trinajstić information content (AvgIpc) is 2.14. The summed E-state index contributed by atoms with van der Waals surface area (Å²) in [5.74, 6) is 0. The van der Waals surface area contributed by atoms with Crippen LogP contribution in [0.25, 0.3) is 0 Å². The standard InChI is InChI=1S/C13H30N2O/c1-11(12(2,3)4)15(6)9-7-8-13(5,16)10-14/h11,16H,7-10,14H2,1-6H3. The van der Waals surface area contributed by atoms with Gasteiger partial charge in [0.2, 0.25) is 0 Å². The van der Waals surface area contributed by atoms with Crippen LogP contribution in [0.15, 0.2) is 0 Å². The molecule has 0 bridgehead atoms. The van der Waals surface area contributed by atoms with E-state index < -0.39 is 5.60 Å². The number of rotatable bonds is 6. The Kier molecular flexibility index (Phi) is 5.94. The normalized spacial score (nSPS) is 18.6. The van der Waals surface area contributed by atoms with E-state index in [2.05, 4.69) is 39.6 Å². The number of nitrogens with two attached hydrogens (primary N) is 1. The zero-order valence-corrected chi connectivity index (χ0v) is 11.9. The number of nitrogens with zero attached hydrogens (tertiary/aromatic N) is 1. The molecule has 0 aromatic heterocycles. The van der Waals surface area contributed by atoms with Gasteiger partial charge in [-0.1, -0.05) is 20.8 Å². The lowest BCUT2D eigenvalue weighted by Gasteiger charge is -2.35. The van der Waals surface area contributed by atoms with Crippen LogP contribution in [-0.2, 0) is 0 Å². The maximum atomic E-state index is 9.79. The maximum absolute atomic E-state index is 9.79. The van der Waals surface area contributed by atoms with Crippen LogP contribution >= 0.6 is 0 Å². The van der Waals surface area contributed by atoms with Crippen LogP contribution in [0, 0.1) is 5.41 Å². The van der Waals surface area contributed by atoms with Crippen molar-refractivity contribution in [2.45, 2.75) is 59.1 Å². The van der Waals surface area contributed by atoms with Crippen LogP contribution in [0.2, 0.25) is 0 Å². The fourth-order valence-corrected chi connectivity index (χ4v) is 1.67. The largest absolute Gasteiger partial charge is 0.389 e. The fourth-order valence-electron chi connectivity index (χ4n) is 1.67. The Morgan fingerprint density at radius 1 is 1.25 bits per heavy atom. The van der Waals surface area contributed by atoms with Crippen molar-refractivity contribution >= 4 is 0 Å². The molecule has 0 fully saturated rings. The van der Waals surface area contributed by atoms with Crippen LogP contribution in [-0.4, -0.2) is 41.8 Å². The minimum Gasteiger partial charge on any atom is -0.389 e. The Labute approximate surface area is 101 Å². The maximum Gasteiger partial charge on any atom is 0.0741 e. The molecule has 0 aromatic carbocycles. The molecule has 0 aliphatic rings. The van der Waals surface area contributed by atoms with Gasteiger partial charge in [-0.3, -0.25) is 0 Å². The van der Waals surface area contributed by atoms with Crippen LogP contribution in [0.3, 0.4) is 0 Å². The van der Waals surface area contributed by atoms with Gasteiger partial charge in [0.15, 0.2) is 0 Å². The van der Waals surface area contributed by atoms with Crippen molar-refractivity contribution in [2.24, 2.45) is 11.1 Å². The molecule has 0 aliphatic carbocycles. The number of hydrogen-bond donors (Lipinski definition) is 2. The highest BCUT2D eigenvalue weighted by atomic mass is 16.3. The molecule has 3 nitrogen and oxygen atoms in total. The molecular formula is C13H30N2O. The number of aliphatic hydroxyl groups is 1. The smallest absolute Gasteiger partial charge is 0.0741 e. The third kappa shape index (κ3) is 5.83. The van der Waals surface area contributed by atoms with Crippen molar-refractivity contribution in [3.63, 3.8) is 0 Å². The van der Waals surface area contributed by atoms with E-state index in [9.17, 15) is 5.11 Å². The lowest BCUT2D eigenvalue weighted by Crippen LogP contribution is -2.41. The van der Waals surface area contributed by atoms with E-state index in [0.29, 0.717) is 18.0 Å². The molecule has 3 heteroatoms. The predicted molar refractivity (Wildman–Crippen MR) is 70.5 cm³/mol. The van der Waals surface area contributed by atoms with Crippen molar-refractivity contribution in [2.75, 3.05) is 20.1 Å². The first kappa shape index (κ1) is 15.9. The molecule has 0 aromatic rings. The summed E-state index contributed by atoms with van der Waals surface area (Å²) in [6.45, 7) is 12.2. The molecule has 2 atom stereocenters. The second-order valence-electron chi connectivity index (χ2n) is 6.33. The molecule has 16 heavy (non-hydrogen) atoms. The summed E-state index contributed by atoms with van der Waals surface area (Å²) in [5, 5.41) is 9.79. The Bertz CT molecular complexity index is 197. The highest BCUT2D eigenvalue weighted by Crippen LogP contribution is 2.23. The summed E-state index contributed by atoms with van der Waals surface area (Å²) < 4.78 is 0. The van der Waals surface area contributed by atoms with Gasteiger partial charge in [0, 0.05) is 12.6 Å². The van der Waals surface area contributed by atoms with Gasteiger partial charge in [0.05, 0.1) is 5.60 Å². The summed E-state index contributed by atoms with van der Waals surface area (Å²) in [4.78, 5) is 2.35. The summed E-state index contributed by atoms with van der Waals surface area (Å²) in [6.07, 6.45) is 1.76. The highest BCUT2D eigenvalue weighted by molar-refractivity contribution is 4.79. The minimum atomic E-state index is -0.703. The average molecular weight is 230 g/mol. The molecule has 0 saturated carbocycles. The fraction of sp³-hybridized carbons (Fsp3) is 1.00. The lowest BCUT2D eigenvalue weighted by molar-refractivity contribution is 0.0509. The highest BCUT2D eigenvalue weighted by Gasteiger charge is 2.24. The Balaban J connectivity index is 3.95. The van der Waals surface area contributed by atoms with Crippen molar-refractivity contribution in [3.05, 3.63) is 0 Å². The van der Waals surface area contributed by atoms with Gasteiger partial charge in [0.25, 0.3) is 0 Å². The number of hydrogen-bond acceptors (Lipinski definition) is 3. The second kappa shape index (κ2) is 5.99. The monoisotopic (exact) mass is 230 g/mol. The van der Waals surface area contributed by atoms with Crippen molar-refractivity contribution in [3.8, 4) is 0 Å². The Hall–Kier alpha value is -0.120. The first-order valence-corrected chi connectivity index (χ1v) is 6.23. The molecule has 2 unspecified atom stereocenters. The predicted octanol–water partition coefficient (Wildman–Crippen LogP) is 1.84. The van der Waals surface area contributed by atoms with Gasteiger partial charge >= 0.3 is 0 Å². The quantitative estimate of drug-likeness (QED) is 0.732. The molecule has 0 aliphatic heterocycles. The van der Waals surface area contributed by atoms with Crippen LogP contribution < -0.4 is 5.73 Å². The van der Waals surface area contributed by atoms with Gasteiger partial charge in [0.1, 0.15) is 0 Å². The van der Waals surface area contributed by atoms with Gasteiger partial charge < -0.3 is 15.7 Å². The molecule has 0 amide bonds. The first-order chi connectivity index (χ1) is 7.10. The van der Waals surface area contributed by atoms with Gasteiger partial charge in [-0.05, 0) is 45.7 Å². The first-order valence-electron chi connectivity index (χ1n) is 6.23.